The van der Waals surface area contributed by atoms with Crippen molar-refractivity contribution in [2.45, 2.75) is 13.5 Å². The standard InChI is InChI=1S/C20H21N3O2/c1-3-25-16-11-8-15(9-12-16)10-13-20(24)23(2)14-19-21-17-6-4-5-7-18(17)22-19/h4-13H,3,14H2,1-2H3,(H,21,22)/b13-10-. The van der Waals surface area contributed by atoms with Gasteiger partial charge in [-0.1, -0.05) is 24.3 Å². The first-order valence-electron chi connectivity index (χ1n) is 8.25. The average molecular weight is 335 g/mol. The Morgan fingerprint density at radius 3 is 2.68 bits per heavy atom. The highest BCUT2D eigenvalue weighted by molar-refractivity contribution is 5.91. The van der Waals surface area contributed by atoms with Gasteiger partial charge in [0.2, 0.25) is 5.91 Å². The van der Waals surface area contributed by atoms with E-state index in [-0.39, 0.29) is 5.91 Å². The minimum atomic E-state index is -0.0747. The van der Waals surface area contributed by atoms with Crippen LogP contribution >= 0.6 is 0 Å². The van der Waals surface area contributed by atoms with Gasteiger partial charge < -0.3 is 14.6 Å². The van der Waals surface area contributed by atoms with Gasteiger partial charge in [0, 0.05) is 13.1 Å². The Morgan fingerprint density at radius 1 is 1.20 bits per heavy atom. The maximum atomic E-state index is 12.3. The summed E-state index contributed by atoms with van der Waals surface area (Å²) in [6, 6.07) is 15.5. The average Bonchev–Trinajstić information content (AvgIpc) is 3.03. The van der Waals surface area contributed by atoms with E-state index in [2.05, 4.69) is 9.97 Å². The molecular weight excluding hydrogens is 314 g/mol. The maximum Gasteiger partial charge on any atom is 0.246 e. The van der Waals surface area contributed by atoms with Crippen molar-refractivity contribution >= 4 is 23.0 Å². The quantitative estimate of drug-likeness (QED) is 0.700. The molecule has 0 saturated carbocycles. The second kappa shape index (κ2) is 7.66. The zero-order valence-electron chi connectivity index (χ0n) is 14.4. The molecule has 0 fully saturated rings. The largest absolute Gasteiger partial charge is 0.494 e. The van der Waals surface area contributed by atoms with E-state index in [1.807, 2.05) is 55.5 Å². The second-order valence-corrected chi connectivity index (χ2v) is 5.73. The molecule has 128 valence electrons. The number of fused-ring (bicyclic) bond motifs is 1. The highest BCUT2D eigenvalue weighted by atomic mass is 16.5. The number of nitrogens with one attached hydrogen (secondary N) is 1. The molecule has 0 atom stereocenters. The molecule has 1 aromatic heterocycles. The van der Waals surface area contributed by atoms with Crippen molar-refractivity contribution in [2.75, 3.05) is 13.7 Å². The van der Waals surface area contributed by atoms with Crippen LogP contribution in [0.3, 0.4) is 0 Å². The fourth-order valence-corrected chi connectivity index (χ4v) is 2.52. The van der Waals surface area contributed by atoms with Crippen molar-refractivity contribution in [3.63, 3.8) is 0 Å². The minimum Gasteiger partial charge on any atom is -0.494 e. The SMILES string of the molecule is CCOc1ccc(/C=C\C(=O)N(C)Cc2nc3ccccc3[nH]2)cc1. The molecule has 2 aromatic carbocycles. The molecule has 1 amide bonds. The lowest BCUT2D eigenvalue weighted by molar-refractivity contribution is -0.125. The molecule has 0 radical (unpaired) electrons. The highest BCUT2D eigenvalue weighted by Crippen LogP contribution is 2.14. The van der Waals surface area contributed by atoms with Crippen molar-refractivity contribution in [3.8, 4) is 5.75 Å². The van der Waals surface area contributed by atoms with Gasteiger partial charge in [0.15, 0.2) is 0 Å². The van der Waals surface area contributed by atoms with Gasteiger partial charge in [-0.2, -0.15) is 0 Å². The van der Waals surface area contributed by atoms with Gasteiger partial charge >= 0.3 is 0 Å². The van der Waals surface area contributed by atoms with Crippen LogP contribution in [-0.4, -0.2) is 34.4 Å². The number of amides is 1. The van der Waals surface area contributed by atoms with E-state index in [0.29, 0.717) is 13.2 Å². The molecule has 0 aliphatic heterocycles. The van der Waals surface area contributed by atoms with Gasteiger partial charge in [0.1, 0.15) is 11.6 Å². The molecule has 0 aliphatic rings. The van der Waals surface area contributed by atoms with Crippen LogP contribution in [0.4, 0.5) is 0 Å². The van der Waals surface area contributed by atoms with Gasteiger partial charge in [-0.05, 0) is 42.8 Å². The first-order chi connectivity index (χ1) is 12.2. The minimum absolute atomic E-state index is 0.0747. The number of carbonyl (C=O) groups is 1. The monoisotopic (exact) mass is 335 g/mol. The summed E-state index contributed by atoms with van der Waals surface area (Å²) in [5.74, 6) is 1.52. The summed E-state index contributed by atoms with van der Waals surface area (Å²) in [6.45, 7) is 3.02. The van der Waals surface area contributed by atoms with Crippen LogP contribution in [0.2, 0.25) is 0 Å². The topological polar surface area (TPSA) is 58.2 Å². The Hall–Kier alpha value is -3.08. The highest BCUT2D eigenvalue weighted by Gasteiger charge is 2.09. The number of likely N-dealkylation sites (N-methyl/N-ethyl adjacent to an activating group) is 1. The molecule has 3 rings (SSSR count). The van der Waals surface area contributed by atoms with E-state index < -0.39 is 0 Å². The Balaban J connectivity index is 1.61. The lowest BCUT2D eigenvalue weighted by atomic mass is 10.2. The number of rotatable bonds is 6. The molecule has 1 heterocycles. The third-order valence-corrected chi connectivity index (χ3v) is 3.81. The molecule has 0 aliphatic carbocycles. The summed E-state index contributed by atoms with van der Waals surface area (Å²) in [4.78, 5) is 21.6. The molecule has 5 nitrogen and oxygen atoms in total. The lowest BCUT2D eigenvalue weighted by Crippen LogP contribution is -2.24. The summed E-state index contributed by atoms with van der Waals surface area (Å²) in [6.07, 6.45) is 3.37. The van der Waals surface area contributed by atoms with Crippen molar-refractivity contribution in [2.24, 2.45) is 0 Å². The van der Waals surface area contributed by atoms with Crippen LogP contribution < -0.4 is 4.74 Å². The van der Waals surface area contributed by atoms with E-state index in [0.717, 1.165) is 28.2 Å². The Labute approximate surface area is 146 Å². The van der Waals surface area contributed by atoms with E-state index in [9.17, 15) is 4.79 Å². The first kappa shape index (κ1) is 16.8. The molecule has 1 N–H and O–H groups in total. The number of aromatic amines is 1. The van der Waals surface area contributed by atoms with Crippen molar-refractivity contribution in [1.82, 2.24) is 14.9 Å². The van der Waals surface area contributed by atoms with Gasteiger partial charge in [-0.25, -0.2) is 4.98 Å². The third kappa shape index (κ3) is 4.26. The van der Waals surface area contributed by atoms with Crippen LogP contribution in [0.1, 0.15) is 18.3 Å². The number of carbonyl (C=O) groups excluding carboxylic acids is 1. The molecule has 0 spiro atoms. The smallest absolute Gasteiger partial charge is 0.246 e. The van der Waals surface area contributed by atoms with Crippen LogP contribution in [0.25, 0.3) is 17.1 Å². The van der Waals surface area contributed by atoms with Gasteiger partial charge in [-0.3, -0.25) is 4.79 Å². The first-order valence-corrected chi connectivity index (χ1v) is 8.25. The van der Waals surface area contributed by atoms with Crippen LogP contribution in [0.5, 0.6) is 5.75 Å². The third-order valence-electron chi connectivity index (χ3n) is 3.81. The fourth-order valence-electron chi connectivity index (χ4n) is 2.52. The van der Waals surface area contributed by atoms with Crippen molar-refractivity contribution < 1.29 is 9.53 Å². The normalized spacial score (nSPS) is 11.1. The fraction of sp³-hybridized carbons (Fsp3) is 0.200. The number of hydrogen-bond donors (Lipinski definition) is 1. The molecular formula is C20H21N3O2. The number of para-hydroxylation sites is 2. The van der Waals surface area contributed by atoms with E-state index in [1.165, 1.54) is 0 Å². The van der Waals surface area contributed by atoms with E-state index in [1.54, 1.807) is 24.1 Å². The number of H-pyrrole nitrogens is 1. The van der Waals surface area contributed by atoms with Crippen molar-refractivity contribution in [1.29, 1.82) is 0 Å². The van der Waals surface area contributed by atoms with Gasteiger partial charge in [-0.15, -0.1) is 0 Å². The summed E-state index contributed by atoms with van der Waals surface area (Å²) in [5.41, 5.74) is 2.83. The molecule has 0 saturated heterocycles. The second-order valence-electron chi connectivity index (χ2n) is 5.73. The number of imidazole rings is 1. The zero-order valence-corrected chi connectivity index (χ0v) is 14.4. The molecule has 25 heavy (non-hydrogen) atoms. The van der Waals surface area contributed by atoms with E-state index >= 15 is 0 Å². The number of aromatic nitrogens is 2. The zero-order chi connectivity index (χ0) is 17.6. The maximum absolute atomic E-state index is 12.3. The predicted molar refractivity (Wildman–Crippen MR) is 99.2 cm³/mol. The van der Waals surface area contributed by atoms with Gasteiger partial charge in [0.05, 0.1) is 24.2 Å². The van der Waals surface area contributed by atoms with Crippen LogP contribution in [-0.2, 0) is 11.3 Å². The summed E-state index contributed by atoms with van der Waals surface area (Å²) in [5, 5.41) is 0. The molecule has 3 aromatic rings. The predicted octanol–water partition coefficient (Wildman–Crippen LogP) is 3.63. The van der Waals surface area contributed by atoms with Gasteiger partial charge in [0.25, 0.3) is 0 Å². The Morgan fingerprint density at radius 2 is 1.96 bits per heavy atom. The lowest BCUT2D eigenvalue weighted by Gasteiger charge is -2.13. The summed E-state index contributed by atoms with van der Waals surface area (Å²) in [7, 11) is 1.76. The van der Waals surface area contributed by atoms with Crippen LogP contribution in [0.15, 0.2) is 54.6 Å². The number of ether oxygens (including phenoxy) is 1. The number of nitrogens with zero attached hydrogens (tertiary/aromatic N) is 2. The number of hydrogen-bond acceptors (Lipinski definition) is 3. The summed E-state index contributed by atoms with van der Waals surface area (Å²) >= 11 is 0. The molecule has 0 bridgehead atoms. The Bertz CT molecular complexity index is 848. The van der Waals surface area contributed by atoms with E-state index in [4.69, 9.17) is 4.74 Å². The molecule has 5 heteroatoms. The van der Waals surface area contributed by atoms with Crippen molar-refractivity contribution in [3.05, 3.63) is 66.0 Å². The summed E-state index contributed by atoms with van der Waals surface area (Å²) < 4.78 is 5.41. The Kier molecular flexibility index (Phi) is 5.14. The number of benzene rings is 2. The molecule has 0 unspecified atom stereocenters. The van der Waals surface area contributed by atoms with Crippen LogP contribution in [0, 0.1) is 0 Å².